The fraction of sp³-hybridized carbons (Fsp3) is 0.867. The number of methoxy groups -OCH3 is 1. The zero-order chi connectivity index (χ0) is 15.9. The summed E-state index contributed by atoms with van der Waals surface area (Å²) in [4.78, 5) is 23.3. The van der Waals surface area contributed by atoms with E-state index in [2.05, 4.69) is 5.32 Å². The molecular weight excluding hydrogens is 274 g/mol. The van der Waals surface area contributed by atoms with Gasteiger partial charge in [-0.1, -0.05) is 0 Å². The number of alkyl carbamates (subject to hydrolysis) is 1. The lowest BCUT2D eigenvalue weighted by atomic mass is 9.32. The van der Waals surface area contributed by atoms with Crippen molar-refractivity contribution >= 4 is 12.1 Å². The fourth-order valence-electron chi connectivity index (χ4n) is 3.88. The Hall–Kier alpha value is -1.30. The predicted octanol–water partition coefficient (Wildman–Crippen LogP) is 2.17. The van der Waals surface area contributed by atoms with E-state index in [-0.39, 0.29) is 10.8 Å². The van der Waals surface area contributed by atoms with Gasteiger partial charge in [0.05, 0.1) is 0 Å². The first-order chi connectivity index (χ1) is 9.61. The van der Waals surface area contributed by atoms with E-state index in [9.17, 15) is 14.7 Å². The highest BCUT2D eigenvalue weighted by Crippen LogP contribution is 2.76. The summed E-state index contributed by atoms with van der Waals surface area (Å²) in [6, 6.07) is -0.864. The lowest BCUT2D eigenvalue weighted by Gasteiger charge is -2.72. The second-order valence-electron chi connectivity index (χ2n) is 7.55. The first-order valence-corrected chi connectivity index (χ1v) is 7.33. The molecule has 3 aliphatic rings. The molecule has 0 spiro atoms. The van der Waals surface area contributed by atoms with Crippen LogP contribution in [0.4, 0.5) is 4.79 Å². The molecule has 1 atom stereocenters. The number of carboxylic acid groups (broad SMARTS) is 1. The lowest BCUT2D eigenvalue weighted by molar-refractivity contribution is -0.231. The van der Waals surface area contributed by atoms with Gasteiger partial charge in [0.25, 0.3) is 0 Å². The van der Waals surface area contributed by atoms with E-state index in [1.165, 1.54) is 0 Å². The fourth-order valence-corrected chi connectivity index (χ4v) is 3.88. The first kappa shape index (κ1) is 16.1. The van der Waals surface area contributed by atoms with Crippen LogP contribution >= 0.6 is 0 Å². The van der Waals surface area contributed by atoms with Crippen LogP contribution in [0.3, 0.4) is 0 Å². The van der Waals surface area contributed by atoms with E-state index in [4.69, 9.17) is 9.47 Å². The molecule has 2 N–H and O–H groups in total. The number of carbonyl (C=O) groups excluding carboxylic acids is 1. The lowest BCUT2D eigenvalue weighted by Crippen LogP contribution is -2.71. The Bertz CT molecular complexity index is 420. The third kappa shape index (κ3) is 3.15. The highest BCUT2D eigenvalue weighted by Gasteiger charge is 2.71. The summed E-state index contributed by atoms with van der Waals surface area (Å²) in [6.07, 6.45) is 2.83. The maximum atomic E-state index is 11.8. The van der Waals surface area contributed by atoms with Crippen molar-refractivity contribution in [3.63, 3.8) is 0 Å². The minimum atomic E-state index is -0.985. The first-order valence-electron chi connectivity index (χ1n) is 7.33. The average molecular weight is 299 g/mol. The molecule has 0 aliphatic heterocycles. The van der Waals surface area contributed by atoms with Crippen molar-refractivity contribution < 1.29 is 24.2 Å². The van der Waals surface area contributed by atoms with E-state index in [0.29, 0.717) is 6.61 Å². The largest absolute Gasteiger partial charge is 0.480 e. The van der Waals surface area contributed by atoms with Gasteiger partial charge in [-0.05, 0) is 51.9 Å². The summed E-state index contributed by atoms with van der Waals surface area (Å²) < 4.78 is 10.2. The summed E-state index contributed by atoms with van der Waals surface area (Å²) in [5, 5.41) is 11.9. The summed E-state index contributed by atoms with van der Waals surface area (Å²) in [5.74, 6) is -0.985. The van der Waals surface area contributed by atoms with Crippen molar-refractivity contribution in [2.75, 3.05) is 13.7 Å². The van der Waals surface area contributed by atoms with Gasteiger partial charge in [-0.15, -0.1) is 0 Å². The number of hydrogen-bond acceptors (Lipinski definition) is 4. The van der Waals surface area contributed by atoms with E-state index in [1.54, 1.807) is 27.9 Å². The van der Waals surface area contributed by atoms with E-state index in [0.717, 1.165) is 25.7 Å². The molecule has 3 aliphatic carbocycles. The number of carboxylic acids is 1. The van der Waals surface area contributed by atoms with Gasteiger partial charge in [0.15, 0.2) is 0 Å². The topological polar surface area (TPSA) is 84.9 Å². The van der Waals surface area contributed by atoms with Crippen LogP contribution in [0, 0.1) is 10.8 Å². The number of rotatable bonds is 6. The molecule has 6 nitrogen and oxygen atoms in total. The van der Waals surface area contributed by atoms with Gasteiger partial charge in [-0.2, -0.15) is 0 Å². The molecule has 120 valence electrons. The monoisotopic (exact) mass is 299 g/mol. The number of hydrogen-bond donors (Lipinski definition) is 2. The maximum absolute atomic E-state index is 11.8. The Morgan fingerprint density at radius 3 is 2.29 bits per heavy atom. The van der Waals surface area contributed by atoms with E-state index in [1.807, 2.05) is 0 Å². The maximum Gasteiger partial charge on any atom is 0.408 e. The normalized spacial score (nSPS) is 31.6. The van der Waals surface area contributed by atoms with Gasteiger partial charge in [0.2, 0.25) is 0 Å². The van der Waals surface area contributed by atoms with Gasteiger partial charge in [-0.25, -0.2) is 9.59 Å². The Morgan fingerprint density at radius 1 is 1.29 bits per heavy atom. The van der Waals surface area contributed by atoms with Gasteiger partial charge < -0.3 is 19.9 Å². The number of amides is 1. The van der Waals surface area contributed by atoms with Crippen molar-refractivity contribution in [1.82, 2.24) is 5.32 Å². The number of aliphatic carboxylic acids is 1. The quantitative estimate of drug-likeness (QED) is 0.785. The molecule has 0 aromatic rings. The van der Waals surface area contributed by atoms with Crippen molar-refractivity contribution in [3.05, 3.63) is 0 Å². The molecule has 3 saturated carbocycles. The van der Waals surface area contributed by atoms with E-state index < -0.39 is 23.7 Å². The summed E-state index contributed by atoms with van der Waals surface area (Å²) in [5.41, 5.74) is -0.692. The summed E-state index contributed by atoms with van der Waals surface area (Å²) >= 11 is 0. The van der Waals surface area contributed by atoms with Crippen molar-refractivity contribution in [2.24, 2.45) is 10.8 Å². The second kappa shape index (κ2) is 5.16. The minimum Gasteiger partial charge on any atom is -0.480 e. The Labute approximate surface area is 125 Å². The van der Waals surface area contributed by atoms with Gasteiger partial charge >= 0.3 is 12.1 Å². The summed E-state index contributed by atoms with van der Waals surface area (Å²) in [7, 11) is 1.67. The third-order valence-electron chi connectivity index (χ3n) is 4.54. The number of nitrogens with one attached hydrogen (secondary N) is 1. The SMILES string of the molecule is COCCC12CC(C(NC(=O)OC(C)(C)C)C(=O)O)(C1)C2. The smallest absolute Gasteiger partial charge is 0.408 e. The zero-order valence-electron chi connectivity index (χ0n) is 13.2. The van der Waals surface area contributed by atoms with Crippen LogP contribution in [0.25, 0.3) is 0 Å². The minimum absolute atomic E-state index is 0.235. The van der Waals surface area contributed by atoms with Crippen LogP contribution in [0.15, 0.2) is 0 Å². The predicted molar refractivity (Wildman–Crippen MR) is 76.0 cm³/mol. The van der Waals surface area contributed by atoms with Gasteiger partial charge in [-0.3, -0.25) is 0 Å². The van der Waals surface area contributed by atoms with Crippen LogP contribution in [0.5, 0.6) is 0 Å². The van der Waals surface area contributed by atoms with Crippen LogP contribution in [0.2, 0.25) is 0 Å². The molecule has 3 fully saturated rings. The Kier molecular flexibility index (Phi) is 3.95. The van der Waals surface area contributed by atoms with Crippen LogP contribution in [0.1, 0.15) is 46.5 Å². The molecule has 3 rings (SSSR count). The number of ether oxygens (including phenoxy) is 2. The van der Waals surface area contributed by atoms with Crippen LogP contribution in [-0.2, 0) is 14.3 Å². The molecule has 0 saturated heterocycles. The van der Waals surface area contributed by atoms with Gasteiger partial charge in [0.1, 0.15) is 11.6 Å². The third-order valence-corrected chi connectivity index (χ3v) is 4.54. The molecule has 1 unspecified atom stereocenters. The molecule has 0 heterocycles. The number of carbonyl (C=O) groups is 2. The van der Waals surface area contributed by atoms with Crippen LogP contribution < -0.4 is 5.32 Å². The second-order valence-corrected chi connectivity index (χ2v) is 7.55. The van der Waals surface area contributed by atoms with Crippen molar-refractivity contribution in [3.8, 4) is 0 Å². The Balaban J connectivity index is 1.91. The molecule has 0 aromatic heterocycles. The van der Waals surface area contributed by atoms with E-state index >= 15 is 0 Å². The highest BCUT2D eigenvalue weighted by atomic mass is 16.6. The highest BCUT2D eigenvalue weighted by molar-refractivity contribution is 5.81. The molecule has 0 radical (unpaired) electrons. The molecule has 2 bridgehead atoms. The molecule has 21 heavy (non-hydrogen) atoms. The van der Waals surface area contributed by atoms with Crippen molar-refractivity contribution in [1.29, 1.82) is 0 Å². The molecule has 6 heteroatoms. The van der Waals surface area contributed by atoms with Crippen molar-refractivity contribution in [2.45, 2.75) is 58.1 Å². The van der Waals surface area contributed by atoms with Gasteiger partial charge in [0, 0.05) is 19.1 Å². The molecular formula is C15H25NO5. The standard InChI is InChI=1S/C15H25NO5/c1-13(2,3)21-12(19)16-10(11(17)18)15-7-14(8-15,9-15)5-6-20-4/h10H,5-9H2,1-4H3,(H,16,19)(H,17,18). The average Bonchev–Trinajstić information content (AvgIpc) is 2.21. The Morgan fingerprint density at radius 2 is 1.86 bits per heavy atom. The van der Waals surface area contributed by atoms with Crippen LogP contribution in [-0.4, -0.2) is 42.5 Å². The molecule has 0 aromatic carbocycles. The molecule has 1 amide bonds. The zero-order valence-corrected chi connectivity index (χ0v) is 13.2. The summed E-state index contributed by atoms with van der Waals surface area (Å²) in [6.45, 7) is 5.96.